The molecular weight excluding hydrogens is 371 g/mol. The Labute approximate surface area is 148 Å². The Hall–Kier alpha value is -2.70. The summed E-state index contributed by atoms with van der Waals surface area (Å²) in [6.45, 7) is -0.179. The van der Waals surface area contributed by atoms with Crippen LogP contribution in [0, 0.1) is 11.8 Å². The minimum Gasteiger partial charge on any atom is -0.495 e. The number of sulfonamides is 1. The van der Waals surface area contributed by atoms with Crippen molar-refractivity contribution in [3.05, 3.63) is 54.1 Å². The van der Waals surface area contributed by atoms with Gasteiger partial charge in [-0.25, -0.2) is 8.42 Å². The van der Waals surface area contributed by atoms with Crippen LogP contribution in [0.25, 0.3) is 0 Å². The fourth-order valence-corrected chi connectivity index (χ4v) is 2.85. The van der Waals surface area contributed by atoms with Gasteiger partial charge in [-0.05, 0) is 36.4 Å². The molecular formula is C17H14F3NO4S. The summed E-state index contributed by atoms with van der Waals surface area (Å²) >= 11 is 0. The smallest absolute Gasteiger partial charge is 0.495 e. The second-order valence-corrected chi connectivity index (χ2v) is 6.61. The Morgan fingerprint density at radius 3 is 2.35 bits per heavy atom. The molecule has 0 saturated carbocycles. The van der Waals surface area contributed by atoms with E-state index in [1.165, 1.54) is 7.11 Å². The van der Waals surface area contributed by atoms with Gasteiger partial charge in [-0.3, -0.25) is 0 Å². The van der Waals surface area contributed by atoms with Crippen LogP contribution >= 0.6 is 0 Å². The van der Waals surface area contributed by atoms with E-state index < -0.39 is 22.1 Å². The van der Waals surface area contributed by atoms with Gasteiger partial charge in [-0.15, -0.1) is 13.2 Å². The van der Waals surface area contributed by atoms with E-state index in [2.05, 4.69) is 21.3 Å². The van der Waals surface area contributed by atoms with Gasteiger partial charge in [0.15, 0.2) is 0 Å². The molecule has 2 rings (SSSR count). The number of halogens is 3. The van der Waals surface area contributed by atoms with Crippen molar-refractivity contribution in [2.75, 3.05) is 13.7 Å². The Morgan fingerprint density at radius 1 is 1.08 bits per heavy atom. The summed E-state index contributed by atoms with van der Waals surface area (Å²) in [5.74, 6) is 5.48. The van der Waals surface area contributed by atoms with Crippen molar-refractivity contribution in [2.45, 2.75) is 11.3 Å². The van der Waals surface area contributed by atoms with E-state index in [-0.39, 0.29) is 11.4 Å². The van der Waals surface area contributed by atoms with E-state index in [1.54, 1.807) is 24.3 Å². The number of ether oxygens (including phenoxy) is 2. The predicted octanol–water partition coefficient (Wildman–Crippen LogP) is 2.92. The van der Waals surface area contributed by atoms with Gasteiger partial charge >= 0.3 is 6.36 Å². The molecule has 2 aromatic rings. The molecule has 0 saturated heterocycles. The molecule has 0 unspecified atom stereocenters. The van der Waals surface area contributed by atoms with Crippen LogP contribution in [0.1, 0.15) is 5.56 Å². The molecule has 26 heavy (non-hydrogen) atoms. The van der Waals surface area contributed by atoms with Crippen molar-refractivity contribution in [3.8, 4) is 23.3 Å². The van der Waals surface area contributed by atoms with E-state index in [1.807, 2.05) is 0 Å². The highest BCUT2D eigenvalue weighted by atomic mass is 32.2. The standard InChI is InChI=1S/C17H14F3NO4S/c1-24-16-7-3-2-5-13(16)6-4-12-21-26(22,23)15-10-8-14(9-11-15)25-17(18,19)20/h2-3,5,7-11,21H,12H2,1H3. The molecule has 9 heteroatoms. The van der Waals surface area contributed by atoms with Gasteiger partial charge in [-0.2, -0.15) is 4.72 Å². The summed E-state index contributed by atoms with van der Waals surface area (Å²) in [6, 6.07) is 10.8. The highest BCUT2D eigenvalue weighted by Crippen LogP contribution is 2.23. The average molecular weight is 385 g/mol. The number of methoxy groups -OCH3 is 1. The highest BCUT2D eigenvalue weighted by molar-refractivity contribution is 7.89. The van der Waals surface area contributed by atoms with Crippen molar-refractivity contribution >= 4 is 10.0 Å². The fraction of sp³-hybridized carbons (Fsp3) is 0.176. The molecule has 0 aromatic heterocycles. The second-order valence-electron chi connectivity index (χ2n) is 4.85. The third-order valence-electron chi connectivity index (χ3n) is 3.05. The number of alkyl halides is 3. The molecule has 138 valence electrons. The molecule has 0 bridgehead atoms. The van der Waals surface area contributed by atoms with Crippen LogP contribution in [-0.2, 0) is 10.0 Å². The predicted molar refractivity (Wildman–Crippen MR) is 88.2 cm³/mol. The lowest BCUT2D eigenvalue weighted by Crippen LogP contribution is -2.24. The number of benzene rings is 2. The van der Waals surface area contributed by atoms with E-state index >= 15 is 0 Å². The molecule has 2 aromatic carbocycles. The first-order valence-electron chi connectivity index (χ1n) is 7.18. The molecule has 0 atom stereocenters. The lowest BCUT2D eigenvalue weighted by molar-refractivity contribution is -0.274. The van der Waals surface area contributed by atoms with Gasteiger partial charge in [0.05, 0.1) is 24.1 Å². The Morgan fingerprint density at radius 2 is 1.73 bits per heavy atom. The van der Waals surface area contributed by atoms with Crippen LogP contribution in [-0.4, -0.2) is 28.4 Å². The summed E-state index contributed by atoms with van der Waals surface area (Å²) in [5.41, 5.74) is 0.600. The van der Waals surface area contributed by atoms with Crippen molar-refractivity contribution in [2.24, 2.45) is 0 Å². The Bertz CT molecular complexity index is 914. The number of para-hydroxylation sites is 1. The summed E-state index contributed by atoms with van der Waals surface area (Å²) in [7, 11) is -2.42. The van der Waals surface area contributed by atoms with Crippen molar-refractivity contribution in [3.63, 3.8) is 0 Å². The second kappa shape index (κ2) is 8.12. The maximum absolute atomic E-state index is 12.1. The molecule has 0 aliphatic heterocycles. The average Bonchev–Trinajstić information content (AvgIpc) is 2.58. The van der Waals surface area contributed by atoms with Crippen molar-refractivity contribution in [1.82, 2.24) is 4.72 Å². The topological polar surface area (TPSA) is 64.6 Å². The zero-order valence-electron chi connectivity index (χ0n) is 13.5. The van der Waals surface area contributed by atoms with E-state index in [4.69, 9.17) is 4.74 Å². The zero-order chi connectivity index (χ0) is 19.2. The normalized spacial score (nSPS) is 11.4. The van der Waals surface area contributed by atoms with Gasteiger partial charge < -0.3 is 9.47 Å². The van der Waals surface area contributed by atoms with Crippen molar-refractivity contribution in [1.29, 1.82) is 0 Å². The molecule has 1 N–H and O–H groups in total. The minimum absolute atomic E-state index is 0.179. The fourth-order valence-electron chi connectivity index (χ4n) is 1.92. The summed E-state index contributed by atoms with van der Waals surface area (Å²) in [5, 5.41) is 0. The molecule has 0 spiro atoms. The molecule has 0 heterocycles. The van der Waals surface area contributed by atoms with Crippen molar-refractivity contribution < 1.29 is 31.1 Å². The number of rotatable bonds is 5. The summed E-state index contributed by atoms with van der Waals surface area (Å²) < 4.78 is 71.5. The van der Waals surface area contributed by atoms with Gasteiger partial charge in [0, 0.05) is 0 Å². The lowest BCUT2D eigenvalue weighted by Gasteiger charge is -2.09. The van der Waals surface area contributed by atoms with Crippen LogP contribution in [0.3, 0.4) is 0 Å². The van der Waals surface area contributed by atoms with Gasteiger partial charge in [-0.1, -0.05) is 24.0 Å². The summed E-state index contributed by atoms with van der Waals surface area (Å²) in [6.07, 6.45) is -4.84. The van der Waals surface area contributed by atoms with Gasteiger partial charge in [0.25, 0.3) is 0 Å². The molecule has 0 radical (unpaired) electrons. The third kappa shape index (κ3) is 5.68. The Kier molecular flexibility index (Phi) is 6.13. The van der Waals surface area contributed by atoms with Crippen LogP contribution in [0.15, 0.2) is 53.4 Å². The quantitative estimate of drug-likeness (QED) is 0.804. The molecule has 0 fully saturated rings. The molecule has 0 aliphatic carbocycles. The molecule has 0 amide bonds. The maximum atomic E-state index is 12.1. The number of hydrogen-bond donors (Lipinski definition) is 1. The first-order chi connectivity index (χ1) is 12.2. The molecule has 5 nitrogen and oxygen atoms in total. The van der Waals surface area contributed by atoms with E-state index in [9.17, 15) is 21.6 Å². The SMILES string of the molecule is COc1ccccc1C#CCNS(=O)(=O)c1ccc(OC(F)(F)F)cc1. The zero-order valence-corrected chi connectivity index (χ0v) is 14.3. The minimum atomic E-state index is -4.84. The Balaban J connectivity index is 2.02. The van der Waals surface area contributed by atoms with E-state index in [0.717, 1.165) is 24.3 Å². The lowest BCUT2D eigenvalue weighted by atomic mass is 10.2. The first kappa shape index (κ1) is 19.6. The van der Waals surface area contributed by atoms with Crippen LogP contribution in [0.5, 0.6) is 11.5 Å². The van der Waals surface area contributed by atoms with E-state index in [0.29, 0.717) is 11.3 Å². The number of hydrogen-bond acceptors (Lipinski definition) is 4. The maximum Gasteiger partial charge on any atom is 0.573 e. The highest BCUT2D eigenvalue weighted by Gasteiger charge is 2.31. The van der Waals surface area contributed by atoms with Crippen LogP contribution in [0.2, 0.25) is 0 Å². The monoisotopic (exact) mass is 385 g/mol. The van der Waals surface area contributed by atoms with Crippen LogP contribution < -0.4 is 14.2 Å². The third-order valence-corrected chi connectivity index (χ3v) is 4.47. The number of nitrogens with one attached hydrogen (secondary N) is 1. The molecule has 0 aliphatic rings. The summed E-state index contributed by atoms with van der Waals surface area (Å²) in [4.78, 5) is -0.203. The van der Waals surface area contributed by atoms with Crippen LogP contribution in [0.4, 0.5) is 13.2 Å². The first-order valence-corrected chi connectivity index (χ1v) is 8.67. The van der Waals surface area contributed by atoms with Gasteiger partial charge in [0.1, 0.15) is 11.5 Å². The largest absolute Gasteiger partial charge is 0.573 e. The van der Waals surface area contributed by atoms with Gasteiger partial charge in [0.2, 0.25) is 10.0 Å².